The van der Waals surface area contributed by atoms with E-state index in [-0.39, 0.29) is 11.4 Å². The topological polar surface area (TPSA) is 86.6 Å². The van der Waals surface area contributed by atoms with Gasteiger partial charge in [0.25, 0.3) is 0 Å². The van der Waals surface area contributed by atoms with Crippen LogP contribution in [0.5, 0.6) is 5.75 Å². The Morgan fingerprint density at radius 1 is 1.31 bits per heavy atom. The molecule has 0 aromatic heterocycles. The van der Waals surface area contributed by atoms with Crippen LogP contribution in [-0.2, 0) is 9.59 Å². The van der Waals surface area contributed by atoms with Crippen molar-refractivity contribution in [2.45, 2.75) is 6.92 Å². The van der Waals surface area contributed by atoms with E-state index in [9.17, 15) is 14.7 Å². The van der Waals surface area contributed by atoms with Crippen molar-refractivity contribution in [1.82, 2.24) is 0 Å². The zero-order valence-corrected chi connectivity index (χ0v) is 8.60. The van der Waals surface area contributed by atoms with Gasteiger partial charge in [-0.15, -0.1) is 0 Å². The lowest BCUT2D eigenvalue weighted by atomic mass is 10.2. The van der Waals surface area contributed by atoms with Gasteiger partial charge in [0.1, 0.15) is 5.75 Å². The molecule has 3 N–H and O–H groups in total. The minimum absolute atomic E-state index is 0.0583. The van der Waals surface area contributed by atoms with E-state index < -0.39 is 11.9 Å². The second-order valence-corrected chi connectivity index (χ2v) is 3.18. The maximum Gasteiger partial charge on any atom is 0.328 e. The molecule has 0 spiro atoms. The number of aromatic hydroxyl groups is 1. The number of carboxylic acid groups (broad SMARTS) is 1. The number of phenols is 1. The summed E-state index contributed by atoms with van der Waals surface area (Å²) < 4.78 is 0. The van der Waals surface area contributed by atoms with Crippen molar-refractivity contribution in [2.75, 3.05) is 5.32 Å². The van der Waals surface area contributed by atoms with Gasteiger partial charge in [-0.2, -0.15) is 0 Å². The summed E-state index contributed by atoms with van der Waals surface area (Å²) >= 11 is 0. The standard InChI is InChI=1S/C11H11NO4/c1-7-2-3-8(9(13)6-7)12-10(14)4-5-11(15)16/h2-6,13H,1H3,(H,12,14)(H,15,16)/b5-4+. The van der Waals surface area contributed by atoms with E-state index in [1.165, 1.54) is 12.1 Å². The van der Waals surface area contributed by atoms with Gasteiger partial charge in [-0.1, -0.05) is 6.07 Å². The smallest absolute Gasteiger partial charge is 0.328 e. The third kappa shape index (κ3) is 3.45. The fourth-order valence-corrected chi connectivity index (χ4v) is 1.07. The Morgan fingerprint density at radius 3 is 2.56 bits per heavy atom. The zero-order valence-electron chi connectivity index (χ0n) is 8.60. The first kappa shape index (κ1) is 11.8. The van der Waals surface area contributed by atoms with Crippen molar-refractivity contribution < 1.29 is 19.8 Å². The van der Waals surface area contributed by atoms with Crippen LogP contribution in [0.3, 0.4) is 0 Å². The number of aliphatic carboxylic acids is 1. The van der Waals surface area contributed by atoms with Gasteiger partial charge in [0, 0.05) is 12.2 Å². The number of rotatable bonds is 3. The van der Waals surface area contributed by atoms with Gasteiger partial charge in [0.15, 0.2) is 0 Å². The highest BCUT2D eigenvalue weighted by molar-refractivity contribution is 6.03. The first-order chi connectivity index (χ1) is 7.49. The highest BCUT2D eigenvalue weighted by Crippen LogP contribution is 2.23. The molecule has 84 valence electrons. The van der Waals surface area contributed by atoms with E-state index in [1.807, 2.05) is 0 Å². The molecule has 0 saturated carbocycles. The molecule has 0 aliphatic heterocycles. The number of carbonyl (C=O) groups excluding carboxylic acids is 1. The minimum Gasteiger partial charge on any atom is -0.506 e. The number of phenolic OH excluding ortho intramolecular Hbond substituents is 1. The van der Waals surface area contributed by atoms with E-state index in [0.717, 1.165) is 17.7 Å². The van der Waals surface area contributed by atoms with Crippen molar-refractivity contribution in [3.8, 4) is 5.75 Å². The summed E-state index contributed by atoms with van der Waals surface area (Å²) in [6, 6.07) is 4.75. The molecule has 1 aromatic carbocycles. The Bertz CT molecular complexity index is 451. The van der Waals surface area contributed by atoms with Crippen LogP contribution in [0.15, 0.2) is 30.4 Å². The van der Waals surface area contributed by atoms with E-state index in [0.29, 0.717) is 0 Å². The van der Waals surface area contributed by atoms with Crippen molar-refractivity contribution >= 4 is 17.6 Å². The van der Waals surface area contributed by atoms with Crippen LogP contribution in [-0.4, -0.2) is 22.1 Å². The molecule has 0 fully saturated rings. The molecular formula is C11H11NO4. The molecule has 16 heavy (non-hydrogen) atoms. The van der Waals surface area contributed by atoms with Gasteiger partial charge >= 0.3 is 5.97 Å². The van der Waals surface area contributed by atoms with Crippen molar-refractivity contribution in [3.63, 3.8) is 0 Å². The van der Waals surface area contributed by atoms with E-state index in [2.05, 4.69) is 5.32 Å². The minimum atomic E-state index is -1.21. The Morgan fingerprint density at radius 2 is 2.00 bits per heavy atom. The predicted octanol–water partition coefficient (Wildman–Crippen LogP) is 1.28. The Hall–Kier alpha value is -2.30. The molecule has 0 atom stereocenters. The van der Waals surface area contributed by atoms with Gasteiger partial charge in [-0.05, 0) is 24.6 Å². The number of hydrogen-bond donors (Lipinski definition) is 3. The van der Waals surface area contributed by atoms with Crippen molar-refractivity contribution in [3.05, 3.63) is 35.9 Å². The Labute approximate surface area is 92.0 Å². The first-order valence-corrected chi connectivity index (χ1v) is 4.50. The van der Waals surface area contributed by atoms with Gasteiger partial charge < -0.3 is 15.5 Å². The summed E-state index contributed by atoms with van der Waals surface area (Å²) in [6.45, 7) is 1.80. The monoisotopic (exact) mass is 221 g/mol. The molecule has 0 radical (unpaired) electrons. The maximum absolute atomic E-state index is 11.2. The van der Waals surface area contributed by atoms with Crippen LogP contribution in [0.4, 0.5) is 5.69 Å². The molecule has 1 aromatic rings. The number of amides is 1. The molecule has 0 aliphatic carbocycles. The maximum atomic E-state index is 11.2. The average Bonchev–Trinajstić information content (AvgIpc) is 2.19. The van der Waals surface area contributed by atoms with Crippen LogP contribution < -0.4 is 5.32 Å². The van der Waals surface area contributed by atoms with E-state index in [1.54, 1.807) is 13.0 Å². The second-order valence-electron chi connectivity index (χ2n) is 3.18. The van der Waals surface area contributed by atoms with Crippen LogP contribution >= 0.6 is 0 Å². The predicted molar refractivity (Wildman–Crippen MR) is 58.2 cm³/mol. The molecule has 5 nitrogen and oxygen atoms in total. The summed E-state index contributed by atoms with van der Waals surface area (Å²) in [5.74, 6) is -1.87. The molecule has 0 saturated heterocycles. The number of carbonyl (C=O) groups is 2. The number of anilines is 1. The molecule has 0 aliphatic rings. The van der Waals surface area contributed by atoms with Crippen molar-refractivity contribution in [1.29, 1.82) is 0 Å². The van der Waals surface area contributed by atoms with Gasteiger partial charge in [0.2, 0.25) is 5.91 Å². The van der Waals surface area contributed by atoms with Gasteiger partial charge in [-0.3, -0.25) is 4.79 Å². The third-order valence-electron chi connectivity index (χ3n) is 1.79. The molecule has 1 amide bonds. The third-order valence-corrected chi connectivity index (χ3v) is 1.79. The number of aryl methyl sites for hydroxylation is 1. The lowest BCUT2D eigenvalue weighted by Gasteiger charge is -2.05. The molecule has 0 bridgehead atoms. The Kier molecular flexibility index (Phi) is 3.66. The average molecular weight is 221 g/mol. The van der Waals surface area contributed by atoms with Crippen molar-refractivity contribution in [2.24, 2.45) is 0 Å². The highest BCUT2D eigenvalue weighted by atomic mass is 16.4. The number of nitrogens with one attached hydrogen (secondary N) is 1. The Balaban J connectivity index is 2.73. The quantitative estimate of drug-likeness (QED) is 0.530. The zero-order chi connectivity index (χ0) is 12.1. The largest absolute Gasteiger partial charge is 0.506 e. The lowest BCUT2D eigenvalue weighted by molar-refractivity contribution is -0.131. The number of carboxylic acids is 1. The number of hydrogen-bond acceptors (Lipinski definition) is 3. The SMILES string of the molecule is Cc1ccc(NC(=O)/C=C/C(=O)O)c(O)c1. The van der Waals surface area contributed by atoms with Crippen LogP contribution in [0.25, 0.3) is 0 Å². The van der Waals surface area contributed by atoms with Crippen LogP contribution in [0, 0.1) is 6.92 Å². The van der Waals surface area contributed by atoms with Crippen LogP contribution in [0.1, 0.15) is 5.56 Å². The fourth-order valence-electron chi connectivity index (χ4n) is 1.07. The second kappa shape index (κ2) is 4.97. The highest BCUT2D eigenvalue weighted by Gasteiger charge is 2.03. The van der Waals surface area contributed by atoms with Gasteiger partial charge in [-0.25, -0.2) is 4.79 Å². The summed E-state index contributed by atoms with van der Waals surface area (Å²) in [5.41, 5.74) is 1.10. The van der Waals surface area contributed by atoms with Crippen LogP contribution in [0.2, 0.25) is 0 Å². The summed E-state index contributed by atoms with van der Waals surface area (Å²) in [7, 11) is 0. The van der Waals surface area contributed by atoms with E-state index in [4.69, 9.17) is 5.11 Å². The van der Waals surface area contributed by atoms with Gasteiger partial charge in [0.05, 0.1) is 5.69 Å². The molecule has 1 rings (SSSR count). The molecular weight excluding hydrogens is 210 g/mol. The first-order valence-electron chi connectivity index (χ1n) is 4.50. The number of benzene rings is 1. The fraction of sp³-hybridized carbons (Fsp3) is 0.0909. The molecule has 0 heterocycles. The molecule has 5 heteroatoms. The summed E-state index contributed by atoms with van der Waals surface area (Å²) in [4.78, 5) is 21.3. The normalized spacial score (nSPS) is 10.3. The summed E-state index contributed by atoms with van der Waals surface area (Å²) in [6.07, 6.45) is 1.60. The summed E-state index contributed by atoms with van der Waals surface area (Å²) in [5, 5.41) is 20.1. The van der Waals surface area contributed by atoms with E-state index >= 15 is 0 Å². The lowest BCUT2D eigenvalue weighted by Crippen LogP contribution is -2.08. The molecule has 0 unspecified atom stereocenters.